The van der Waals surface area contributed by atoms with Crippen molar-refractivity contribution < 1.29 is 13.2 Å². The van der Waals surface area contributed by atoms with Gasteiger partial charge in [0.15, 0.2) is 0 Å². The molecule has 0 radical (unpaired) electrons. The van der Waals surface area contributed by atoms with E-state index in [1.807, 2.05) is 0 Å². The number of nitrogens with one attached hydrogen (secondary N) is 1. The summed E-state index contributed by atoms with van der Waals surface area (Å²) in [5, 5.41) is 3.02. The summed E-state index contributed by atoms with van der Waals surface area (Å²) in [5.41, 5.74) is 6.16. The maximum Gasteiger partial charge on any atom is 0.416 e. The molecule has 0 amide bonds. The second-order valence-electron chi connectivity index (χ2n) is 4.15. The molecule has 0 saturated carbocycles. The van der Waals surface area contributed by atoms with Crippen molar-refractivity contribution >= 4 is 27.4 Å². The van der Waals surface area contributed by atoms with Crippen molar-refractivity contribution in [3.8, 4) is 0 Å². The molecule has 106 valence electrons. The third-order valence-corrected chi connectivity index (χ3v) is 3.21. The van der Waals surface area contributed by atoms with Gasteiger partial charge in [0.2, 0.25) is 0 Å². The van der Waals surface area contributed by atoms with Gasteiger partial charge < -0.3 is 11.1 Å². The van der Waals surface area contributed by atoms with Crippen molar-refractivity contribution in [2.75, 3.05) is 11.1 Å². The Hall–Kier alpha value is -1.76. The maximum atomic E-state index is 12.4. The number of benzene rings is 1. The first-order valence-corrected chi connectivity index (χ1v) is 6.46. The van der Waals surface area contributed by atoms with Crippen LogP contribution in [0.1, 0.15) is 11.1 Å². The predicted octanol–water partition coefficient (Wildman–Crippen LogP) is 4.06. The van der Waals surface area contributed by atoms with Crippen molar-refractivity contribution in [1.29, 1.82) is 0 Å². The van der Waals surface area contributed by atoms with E-state index in [4.69, 9.17) is 5.73 Å². The third-order valence-electron chi connectivity index (χ3n) is 2.60. The van der Waals surface area contributed by atoms with Crippen LogP contribution in [0.25, 0.3) is 0 Å². The van der Waals surface area contributed by atoms with Gasteiger partial charge in [-0.25, -0.2) is 4.98 Å². The molecule has 0 bridgehead atoms. The van der Waals surface area contributed by atoms with Crippen molar-refractivity contribution in [3.05, 3.63) is 52.1 Å². The zero-order chi connectivity index (χ0) is 14.8. The standard InChI is InChI=1S/C13H11BrF3N3/c14-11-5-10(18)7-20-12(11)19-6-8-1-3-9(4-2-8)13(15,16)17/h1-5,7H,6,18H2,(H,19,20). The van der Waals surface area contributed by atoms with Crippen molar-refractivity contribution in [1.82, 2.24) is 4.98 Å². The Morgan fingerprint density at radius 1 is 1.20 bits per heavy atom. The van der Waals surface area contributed by atoms with E-state index < -0.39 is 11.7 Å². The van der Waals surface area contributed by atoms with Gasteiger partial charge in [-0.05, 0) is 39.7 Å². The minimum absolute atomic E-state index is 0.369. The second-order valence-corrected chi connectivity index (χ2v) is 5.00. The number of halogens is 4. The lowest BCUT2D eigenvalue weighted by molar-refractivity contribution is -0.137. The van der Waals surface area contributed by atoms with E-state index in [1.54, 1.807) is 6.07 Å². The maximum absolute atomic E-state index is 12.4. The third kappa shape index (κ3) is 3.63. The number of pyridine rings is 1. The first kappa shape index (κ1) is 14.6. The molecule has 7 heteroatoms. The zero-order valence-corrected chi connectivity index (χ0v) is 11.8. The van der Waals surface area contributed by atoms with Gasteiger partial charge in [0.25, 0.3) is 0 Å². The molecule has 2 rings (SSSR count). The molecular formula is C13H11BrF3N3. The fourth-order valence-electron chi connectivity index (χ4n) is 1.58. The lowest BCUT2D eigenvalue weighted by atomic mass is 10.1. The van der Waals surface area contributed by atoms with Crippen LogP contribution in [-0.2, 0) is 12.7 Å². The molecule has 0 aliphatic carbocycles. The van der Waals surface area contributed by atoms with Crippen LogP contribution in [0, 0.1) is 0 Å². The molecule has 1 aromatic heterocycles. The van der Waals surface area contributed by atoms with Gasteiger partial charge in [-0.1, -0.05) is 12.1 Å². The lowest BCUT2D eigenvalue weighted by Crippen LogP contribution is -2.06. The Kier molecular flexibility index (Phi) is 4.17. The minimum Gasteiger partial charge on any atom is -0.397 e. The van der Waals surface area contributed by atoms with E-state index in [1.165, 1.54) is 18.3 Å². The highest BCUT2D eigenvalue weighted by Crippen LogP contribution is 2.29. The highest BCUT2D eigenvalue weighted by atomic mass is 79.9. The number of hydrogen-bond donors (Lipinski definition) is 2. The van der Waals surface area contributed by atoms with Gasteiger partial charge >= 0.3 is 6.18 Å². The summed E-state index contributed by atoms with van der Waals surface area (Å²) in [5.74, 6) is 0.582. The molecule has 3 nitrogen and oxygen atoms in total. The Labute approximate surface area is 122 Å². The van der Waals surface area contributed by atoms with E-state index in [0.29, 0.717) is 22.5 Å². The summed E-state index contributed by atoms with van der Waals surface area (Å²) in [7, 11) is 0. The van der Waals surface area contributed by atoms with E-state index >= 15 is 0 Å². The normalized spacial score (nSPS) is 11.4. The number of nitrogens with two attached hydrogens (primary N) is 1. The monoisotopic (exact) mass is 345 g/mol. The van der Waals surface area contributed by atoms with Crippen LogP contribution in [-0.4, -0.2) is 4.98 Å². The Bertz CT molecular complexity index is 597. The molecule has 0 spiro atoms. The zero-order valence-electron chi connectivity index (χ0n) is 10.2. The molecule has 0 saturated heterocycles. The number of hydrogen-bond acceptors (Lipinski definition) is 3. The van der Waals surface area contributed by atoms with Crippen LogP contribution in [0.4, 0.5) is 24.7 Å². The van der Waals surface area contributed by atoms with E-state index in [9.17, 15) is 13.2 Å². The van der Waals surface area contributed by atoms with Crippen LogP contribution in [0.5, 0.6) is 0 Å². The number of anilines is 2. The van der Waals surface area contributed by atoms with E-state index in [-0.39, 0.29) is 0 Å². The van der Waals surface area contributed by atoms with Gasteiger partial charge in [-0.15, -0.1) is 0 Å². The van der Waals surface area contributed by atoms with Gasteiger partial charge in [-0.2, -0.15) is 13.2 Å². The Balaban J connectivity index is 2.04. The molecule has 0 aliphatic heterocycles. The molecule has 1 heterocycles. The van der Waals surface area contributed by atoms with Gasteiger partial charge in [0.05, 0.1) is 21.9 Å². The van der Waals surface area contributed by atoms with Crippen LogP contribution in [0.15, 0.2) is 41.0 Å². The second kappa shape index (κ2) is 5.70. The van der Waals surface area contributed by atoms with Crippen LogP contribution in [0.3, 0.4) is 0 Å². The fraction of sp³-hybridized carbons (Fsp3) is 0.154. The quantitative estimate of drug-likeness (QED) is 0.881. The first-order valence-electron chi connectivity index (χ1n) is 5.67. The summed E-state index contributed by atoms with van der Waals surface area (Å²) in [6.07, 6.45) is -2.81. The minimum atomic E-state index is -4.31. The summed E-state index contributed by atoms with van der Waals surface area (Å²) >= 11 is 3.30. The highest BCUT2D eigenvalue weighted by molar-refractivity contribution is 9.10. The average Bonchev–Trinajstić information content (AvgIpc) is 2.37. The molecule has 0 aliphatic rings. The average molecular weight is 346 g/mol. The molecular weight excluding hydrogens is 335 g/mol. The first-order chi connectivity index (χ1) is 9.36. The van der Waals surface area contributed by atoms with Crippen LogP contribution >= 0.6 is 15.9 Å². The predicted molar refractivity (Wildman–Crippen MR) is 75.1 cm³/mol. The van der Waals surface area contributed by atoms with Crippen molar-refractivity contribution in [2.45, 2.75) is 12.7 Å². The summed E-state index contributed by atoms with van der Waals surface area (Å²) < 4.78 is 38.0. The number of nitrogens with zero attached hydrogens (tertiary/aromatic N) is 1. The highest BCUT2D eigenvalue weighted by Gasteiger charge is 2.29. The topological polar surface area (TPSA) is 50.9 Å². The summed E-state index contributed by atoms with van der Waals surface area (Å²) in [4.78, 5) is 4.09. The smallest absolute Gasteiger partial charge is 0.397 e. The molecule has 3 N–H and O–H groups in total. The summed E-state index contributed by atoms with van der Waals surface area (Å²) in [6, 6.07) is 6.68. The van der Waals surface area contributed by atoms with E-state index in [2.05, 4.69) is 26.2 Å². The van der Waals surface area contributed by atoms with Gasteiger partial charge in [0.1, 0.15) is 5.82 Å². The van der Waals surface area contributed by atoms with Crippen LogP contribution in [0.2, 0.25) is 0 Å². The molecule has 0 unspecified atom stereocenters. The Morgan fingerprint density at radius 2 is 1.85 bits per heavy atom. The van der Waals surface area contributed by atoms with Gasteiger partial charge in [-0.3, -0.25) is 0 Å². The Morgan fingerprint density at radius 3 is 2.40 bits per heavy atom. The van der Waals surface area contributed by atoms with Crippen molar-refractivity contribution in [2.24, 2.45) is 0 Å². The number of aromatic nitrogens is 1. The SMILES string of the molecule is Nc1cnc(NCc2ccc(C(F)(F)F)cc2)c(Br)c1. The lowest BCUT2D eigenvalue weighted by Gasteiger charge is -2.10. The number of nitrogen functional groups attached to an aromatic ring is 1. The largest absolute Gasteiger partial charge is 0.416 e. The molecule has 2 aromatic rings. The van der Waals surface area contributed by atoms with Gasteiger partial charge in [0, 0.05) is 6.54 Å². The molecule has 20 heavy (non-hydrogen) atoms. The summed E-state index contributed by atoms with van der Waals surface area (Å²) in [6.45, 7) is 0.369. The van der Waals surface area contributed by atoms with Crippen molar-refractivity contribution in [3.63, 3.8) is 0 Å². The van der Waals surface area contributed by atoms with Crippen LogP contribution < -0.4 is 11.1 Å². The number of alkyl halides is 3. The molecule has 0 fully saturated rings. The molecule has 1 aromatic carbocycles. The number of rotatable bonds is 3. The van der Waals surface area contributed by atoms with E-state index in [0.717, 1.165) is 17.7 Å². The fourth-order valence-corrected chi connectivity index (χ4v) is 2.09. The molecule has 0 atom stereocenters.